The molecule has 1 aromatic carbocycles. The second-order valence-electron chi connectivity index (χ2n) is 4.90. The maximum Gasteiger partial charge on any atom is 0.140 e. The molecule has 0 radical (unpaired) electrons. The summed E-state index contributed by atoms with van der Waals surface area (Å²) in [5.74, 6) is 1.02. The van der Waals surface area contributed by atoms with Crippen LogP contribution in [0.1, 0.15) is 26.2 Å². The predicted octanol–water partition coefficient (Wildman–Crippen LogP) is 3.66. The molecule has 94 valence electrons. The Bertz CT molecular complexity index is 570. The first kappa shape index (κ1) is 11.7. The van der Waals surface area contributed by atoms with Crippen molar-refractivity contribution in [3.8, 4) is 0 Å². The zero-order chi connectivity index (χ0) is 12.5. The minimum atomic E-state index is 0.538. The topological polar surface area (TPSA) is 29.0 Å². The number of rotatable bonds is 1. The van der Waals surface area contributed by atoms with E-state index in [4.69, 9.17) is 11.6 Å². The normalized spacial score (nSPS) is 20.3. The zero-order valence-electron chi connectivity index (χ0n) is 10.4. The predicted molar refractivity (Wildman–Crippen MR) is 75.2 cm³/mol. The van der Waals surface area contributed by atoms with Gasteiger partial charge in [-0.3, -0.25) is 0 Å². The van der Waals surface area contributed by atoms with Gasteiger partial charge in [-0.05, 0) is 44.4 Å². The van der Waals surface area contributed by atoms with E-state index in [1.54, 1.807) is 6.33 Å². The molecule has 1 saturated heterocycles. The number of hydrogen-bond acceptors (Lipinski definition) is 3. The number of benzene rings is 1. The lowest BCUT2D eigenvalue weighted by Gasteiger charge is -2.34. The Labute approximate surface area is 112 Å². The molecule has 1 aliphatic heterocycles. The molecule has 1 atom stereocenters. The molecule has 4 heteroatoms. The van der Waals surface area contributed by atoms with Gasteiger partial charge in [0.15, 0.2) is 0 Å². The van der Waals surface area contributed by atoms with E-state index in [1.807, 2.05) is 18.2 Å². The first-order valence-corrected chi connectivity index (χ1v) is 6.80. The molecule has 0 N–H and O–H groups in total. The molecule has 0 spiro atoms. The second-order valence-corrected chi connectivity index (χ2v) is 5.33. The van der Waals surface area contributed by atoms with Crippen molar-refractivity contribution in [1.82, 2.24) is 9.97 Å². The number of piperidine rings is 1. The van der Waals surface area contributed by atoms with E-state index in [-0.39, 0.29) is 0 Å². The van der Waals surface area contributed by atoms with E-state index in [1.165, 1.54) is 19.3 Å². The highest BCUT2D eigenvalue weighted by Gasteiger charge is 2.21. The van der Waals surface area contributed by atoms with Crippen molar-refractivity contribution >= 4 is 28.3 Å². The molecule has 0 bridgehead atoms. The second kappa shape index (κ2) is 4.73. The van der Waals surface area contributed by atoms with Gasteiger partial charge in [-0.15, -0.1) is 0 Å². The average molecular weight is 262 g/mol. The van der Waals surface area contributed by atoms with Crippen LogP contribution in [0.3, 0.4) is 0 Å². The molecule has 1 aromatic heterocycles. The summed E-state index contributed by atoms with van der Waals surface area (Å²) in [4.78, 5) is 11.2. The largest absolute Gasteiger partial charge is 0.353 e. The van der Waals surface area contributed by atoms with Crippen LogP contribution in [0.25, 0.3) is 10.9 Å². The van der Waals surface area contributed by atoms with Gasteiger partial charge in [-0.1, -0.05) is 11.6 Å². The summed E-state index contributed by atoms with van der Waals surface area (Å²) in [6.07, 6.45) is 5.41. The Morgan fingerprint density at radius 2 is 2.17 bits per heavy atom. The number of anilines is 1. The maximum absolute atomic E-state index is 6.09. The smallest absolute Gasteiger partial charge is 0.140 e. The Morgan fingerprint density at radius 3 is 3.00 bits per heavy atom. The standard InChI is InChI=1S/C14H16ClN3/c1-10-4-2-3-7-18(10)14-12-8-11(15)5-6-13(12)16-9-17-14/h5-6,8-10H,2-4,7H2,1H3. The number of nitrogens with zero attached hydrogens (tertiary/aromatic N) is 3. The van der Waals surface area contributed by atoms with E-state index in [9.17, 15) is 0 Å². The minimum Gasteiger partial charge on any atom is -0.353 e. The van der Waals surface area contributed by atoms with E-state index in [0.717, 1.165) is 28.3 Å². The Morgan fingerprint density at radius 1 is 1.28 bits per heavy atom. The van der Waals surface area contributed by atoms with Crippen molar-refractivity contribution in [2.24, 2.45) is 0 Å². The lowest BCUT2D eigenvalue weighted by atomic mass is 10.0. The van der Waals surface area contributed by atoms with Crippen LogP contribution in [0.2, 0.25) is 5.02 Å². The minimum absolute atomic E-state index is 0.538. The highest BCUT2D eigenvalue weighted by atomic mass is 35.5. The molecule has 18 heavy (non-hydrogen) atoms. The van der Waals surface area contributed by atoms with Gasteiger partial charge in [0.05, 0.1) is 5.52 Å². The van der Waals surface area contributed by atoms with Crippen LogP contribution in [0.4, 0.5) is 5.82 Å². The molecular weight excluding hydrogens is 246 g/mol. The summed E-state index contributed by atoms with van der Waals surface area (Å²) in [5, 5.41) is 1.79. The summed E-state index contributed by atoms with van der Waals surface area (Å²) < 4.78 is 0. The number of aromatic nitrogens is 2. The van der Waals surface area contributed by atoms with E-state index >= 15 is 0 Å². The van der Waals surface area contributed by atoms with Crippen LogP contribution in [-0.4, -0.2) is 22.6 Å². The average Bonchev–Trinajstić information content (AvgIpc) is 2.39. The van der Waals surface area contributed by atoms with Crippen LogP contribution in [-0.2, 0) is 0 Å². The highest BCUT2D eigenvalue weighted by molar-refractivity contribution is 6.31. The third-order valence-corrected chi connectivity index (χ3v) is 3.89. The lowest BCUT2D eigenvalue weighted by Crippen LogP contribution is -2.38. The van der Waals surface area contributed by atoms with Crippen LogP contribution in [0.5, 0.6) is 0 Å². The van der Waals surface area contributed by atoms with Crippen LogP contribution in [0, 0.1) is 0 Å². The van der Waals surface area contributed by atoms with Crippen LogP contribution < -0.4 is 4.90 Å². The number of halogens is 1. The summed E-state index contributed by atoms with van der Waals surface area (Å²) in [6.45, 7) is 3.33. The highest BCUT2D eigenvalue weighted by Crippen LogP contribution is 2.30. The molecule has 1 unspecified atom stereocenters. The molecule has 1 fully saturated rings. The summed E-state index contributed by atoms with van der Waals surface area (Å²) >= 11 is 6.09. The third-order valence-electron chi connectivity index (χ3n) is 3.65. The summed E-state index contributed by atoms with van der Waals surface area (Å²) in [7, 11) is 0. The number of hydrogen-bond donors (Lipinski definition) is 0. The van der Waals surface area contributed by atoms with Gasteiger partial charge in [-0.25, -0.2) is 9.97 Å². The van der Waals surface area contributed by atoms with E-state index in [0.29, 0.717) is 6.04 Å². The lowest BCUT2D eigenvalue weighted by molar-refractivity contribution is 0.482. The van der Waals surface area contributed by atoms with Gasteiger partial charge in [-0.2, -0.15) is 0 Å². The van der Waals surface area contributed by atoms with Crippen LogP contribution >= 0.6 is 11.6 Å². The maximum atomic E-state index is 6.09. The van der Waals surface area contributed by atoms with Gasteiger partial charge in [0, 0.05) is 23.0 Å². The fraction of sp³-hybridized carbons (Fsp3) is 0.429. The van der Waals surface area contributed by atoms with Gasteiger partial charge in [0.2, 0.25) is 0 Å². The molecule has 3 rings (SSSR count). The Hall–Kier alpha value is -1.35. The Balaban J connectivity index is 2.12. The molecule has 0 saturated carbocycles. The SMILES string of the molecule is CC1CCCCN1c1ncnc2ccc(Cl)cc12. The monoisotopic (exact) mass is 261 g/mol. The van der Waals surface area contributed by atoms with E-state index < -0.39 is 0 Å². The zero-order valence-corrected chi connectivity index (χ0v) is 11.2. The fourth-order valence-electron chi connectivity index (χ4n) is 2.66. The van der Waals surface area contributed by atoms with Gasteiger partial charge in [0.1, 0.15) is 12.1 Å². The van der Waals surface area contributed by atoms with Gasteiger partial charge >= 0.3 is 0 Å². The van der Waals surface area contributed by atoms with Crippen molar-refractivity contribution in [2.45, 2.75) is 32.2 Å². The first-order chi connectivity index (χ1) is 8.75. The molecule has 0 aliphatic carbocycles. The summed E-state index contributed by atoms with van der Waals surface area (Å²) in [6, 6.07) is 6.33. The first-order valence-electron chi connectivity index (χ1n) is 6.42. The van der Waals surface area contributed by atoms with Crippen LogP contribution in [0.15, 0.2) is 24.5 Å². The third kappa shape index (κ3) is 2.03. The molecule has 3 nitrogen and oxygen atoms in total. The summed E-state index contributed by atoms with van der Waals surface area (Å²) in [5.41, 5.74) is 0.960. The quantitative estimate of drug-likeness (QED) is 0.784. The molecule has 2 aromatic rings. The fourth-order valence-corrected chi connectivity index (χ4v) is 2.83. The molecular formula is C14H16ClN3. The molecule has 0 amide bonds. The molecule has 1 aliphatic rings. The van der Waals surface area contributed by atoms with Crippen molar-refractivity contribution < 1.29 is 0 Å². The van der Waals surface area contributed by atoms with Crippen molar-refractivity contribution in [1.29, 1.82) is 0 Å². The van der Waals surface area contributed by atoms with Gasteiger partial charge < -0.3 is 4.90 Å². The van der Waals surface area contributed by atoms with Crippen molar-refractivity contribution in [2.75, 3.05) is 11.4 Å². The Kier molecular flexibility index (Phi) is 3.08. The van der Waals surface area contributed by atoms with Gasteiger partial charge in [0.25, 0.3) is 0 Å². The number of fused-ring (bicyclic) bond motifs is 1. The van der Waals surface area contributed by atoms with E-state index in [2.05, 4.69) is 21.8 Å². The molecule has 2 heterocycles. The van der Waals surface area contributed by atoms with Crippen molar-refractivity contribution in [3.05, 3.63) is 29.5 Å². The van der Waals surface area contributed by atoms with Crippen molar-refractivity contribution in [3.63, 3.8) is 0 Å².